The number of hydrogen-bond acceptors (Lipinski definition) is 4. The quantitative estimate of drug-likeness (QED) is 0.833. The standard InChI is InChI=1S/C17H25N3O3/c1-18-10-7-16(21)19-14-5-3-13(4-6-14)17(22)20(2)15-8-11-23-12-9-15/h3-6,15,18H,7-12H2,1-2H3,(H,19,21). The fraction of sp³-hybridized carbons (Fsp3) is 0.529. The first kappa shape index (κ1) is 17.4. The van der Waals surface area contributed by atoms with Gasteiger partial charge in [-0.15, -0.1) is 0 Å². The number of anilines is 1. The normalized spacial score (nSPS) is 15.2. The van der Waals surface area contributed by atoms with Crippen LogP contribution in [0.25, 0.3) is 0 Å². The Balaban J connectivity index is 1.92. The van der Waals surface area contributed by atoms with Crippen LogP contribution in [0, 0.1) is 0 Å². The molecule has 0 spiro atoms. The van der Waals surface area contributed by atoms with Gasteiger partial charge >= 0.3 is 0 Å². The van der Waals surface area contributed by atoms with Crippen LogP contribution in [0.4, 0.5) is 5.69 Å². The number of ether oxygens (including phenoxy) is 1. The molecule has 1 aromatic rings. The van der Waals surface area contributed by atoms with Crippen molar-refractivity contribution in [3.8, 4) is 0 Å². The molecule has 2 amide bonds. The molecule has 0 aliphatic carbocycles. The molecule has 1 saturated heterocycles. The monoisotopic (exact) mass is 319 g/mol. The molecular formula is C17H25N3O3. The Hall–Kier alpha value is -1.92. The Morgan fingerprint density at radius 2 is 1.87 bits per heavy atom. The second-order valence-corrected chi connectivity index (χ2v) is 5.74. The number of carbonyl (C=O) groups is 2. The van der Waals surface area contributed by atoms with Crippen LogP contribution in [0.3, 0.4) is 0 Å². The average molecular weight is 319 g/mol. The zero-order valence-corrected chi connectivity index (χ0v) is 13.8. The first-order valence-electron chi connectivity index (χ1n) is 8.01. The number of nitrogens with one attached hydrogen (secondary N) is 2. The maximum Gasteiger partial charge on any atom is 0.253 e. The molecule has 126 valence electrons. The van der Waals surface area contributed by atoms with Crippen molar-refractivity contribution in [2.75, 3.05) is 39.2 Å². The molecule has 2 N–H and O–H groups in total. The molecule has 0 saturated carbocycles. The molecule has 1 aliphatic heterocycles. The van der Waals surface area contributed by atoms with Gasteiger partial charge < -0.3 is 20.3 Å². The summed E-state index contributed by atoms with van der Waals surface area (Å²) < 4.78 is 5.33. The third kappa shape index (κ3) is 5.04. The summed E-state index contributed by atoms with van der Waals surface area (Å²) in [6.45, 7) is 2.05. The minimum absolute atomic E-state index is 0.00459. The maximum atomic E-state index is 12.5. The van der Waals surface area contributed by atoms with Crippen LogP contribution in [0.2, 0.25) is 0 Å². The van der Waals surface area contributed by atoms with E-state index in [0.717, 1.165) is 12.8 Å². The van der Waals surface area contributed by atoms with E-state index in [0.29, 0.717) is 37.4 Å². The van der Waals surface area contributed by atoms with Crippen LogP contribution in [0.5, 0.6) is 0 Å². The summed E-state index contributed by atoms with van der Waals surface area (Å²) in [6, 6.07) is 7.28. The predicted octanol–water partition coefficient (Wildman–Crippen LogP) is 1.49. The van der Waals surface area contributed by atoms with E-state index in [1.54, 1.807) is 29.2 Å². The molecule has 1 fully saturated rings. The first-order valence-corrected chi connectivity index (χ1v) is 8.01. The van der Waals surface area contributed by atoms with E-state index in [1.165, 1.54) is 0 Å². The lowest BCUT2D eigenvalue weighted by Crippen LogP contribution is -2.40. The summed E-state index contributed by atoms with van der Waals surface area (Å²) in [7, 11) is 3.65. The van der Waals surface area contributed by atoms with Crippen LogP contribution >= 0.6 is 0 Å². The topological polar surface area (TPSA) is 70.7 Å². The highest BCUT2D eigenvalue weighted by Crippen LogP contribution is 2.17. The summed E-state index contributed by atoms with van der Waals surface area (Å²) in [4.78, 5) is 26.0. The molecule has 1 heterocycles. The highest BCUT2D eigenvalue weighted by atomic mass is 16.5. The zero-order chi connectivity index (χ0) is 16.7. The first-order chi connectivity index (χ1) is 11.1. The van der Waals surface area contributed by atoms with Crippen molar-refractivity contribution in [3.63, 3.8) is 0 Å². The Bertz CT molecular complexity index is 524. The number of rotatable bonds is 6. The van der Waals surface area contributed by atoms with Gasteiger partial charge in [-0.1, -0.05) is 0 Å². The lowest BCUT2D eigenvalue weighted by molar-refractivity contribution is -0.116. The predicted molar refractivity (Wildman–Crippen MR) is 89.5 cm³/mol. The lowest BCUT2D eigenvalue weighted by atomic mass is 10.1. The van der Waals surface area contributed by atoms with Crippen LogP contribution in [0.15, 0.2) is 24.3 Å². The van der Waals surface area contributed by atoms with E-state index in [4.69, 9.17) is 4.74 Å². The van der Waals surface area contributed by atoms with Crippen molar-refractivity contribution in [1.82, 2.24) is 10.2 Å². The fourth-order valence-corrected chi connectivity index (χ4v) is 2.60. The van der Waals surface area contributed by atoms with Gasteiger partial charge in [0.05, 0.1) is 0 Å². The van der Waals surface area contributed by atoms with Gasteiger partial charge in [-0.05, 0) is 44.2 Å². The van der Waals surface area contributed by atoms with Crippen molar-refractivity contribution in [2.24, 2.45) is 0 Å². The summed E-state index contributed by atoms with van der Waals surface area (Å²) in [5.41, 5.74) is 1.34. The van der Waals surface area contributed by atoms with Gasteiger partial charge in [0, 0.05) is 50.5 Å². The van der Waals surface area contributed by atoms with Crippen LogP contribution < -0.4 is 10.6 Å². The summed E-state index contributed by atoms with van der Waals surface area (Å²) >= 11 is 0. The van der Waals surface area contributed by atoms with E-state index in [-0.39, 0.29) is 17.9 Å². The summed E-state index contributed by atoms with van der Waals surface area (Å²) in [5.74, 6) is -0.0392. The lowest BCUT2D eigenvalue weighted by Gasteiger charge is -2.31. The average Bonchev–Trinajstić information content (AvgIpc) is 2.60. The molecule has 0 aromatic heterocycles. The Kier molecular flexibility index (Phi) is 6.55. The van der Waals surface area contributed by atoms with E-state index >= 15 is 0 Å². The highest BCUT2D eigenvalue weighted by Gasteiger charge is 2.23. The van der Waals surface area contributed by atoms with Gasteiger partial charge in [0.2, 0.25) is 5.91 Å². The minimum atomic E-state index is -0.0437. The smallest absolute Gasteiger partial charge is 0.253 e. The largest absolute Gasteiger partial charge is 0.381 e. The van der Waals surface area contributed by atoms with Crippen LogP contribution in [0.1, 0.15) is 29.6 Å². The molecule has 0 unspecified atom stereocenters. The van der Waals surface area contributed by atoms with Crippen molar-refractivity contribution >= 4 is 17.5 Å². The maximum absolute atomic E-state index is 12.5. The molecule has 0 atom stereocenters. The highest BCUT2D eigenvalue weighted by molar-refractivity contribution is 5.95. The van der Waals surface area contributed by atoms with Gasteiger partial charge in [-0.25, -0.2) is 0 Å². The number of carbonyl (C=O) groups excluding carboxylic acids is 2. The van der Waals surface area contributed by atoms with Crippen LogP contribution in [-0.2, 0) is 9.53 Å². The van der Waals surface area contributed by atoms with Gasteiger partial charge in [0.1, 0.15) is 0 Å². The summed E-state index contributed by atoms with van der Waals surface area (Å²) in [6.07, 6.45) is 2.17. The molecule has 6 heteroatoms. The van der Waals surface area contributed by atoms with Gasteiger partial charge in [0.25, 0.3) is 5.91 Å². The van der Waals surface area contributed by atoms with Crippen molar-refractivity contribution in [2.45, 2.75) is 25.3 Å². The molecule has 1 aliphatic rings. The van der Waals surface area contributed by atoms with Crippen LogP contribution in [-0.4, -0.2) is 56.6 Å². The SMILES string of the molecule is CNCCC(=O)Nc1ccc(C(=O)N(C)C2CCOCC2)cc1. The van der Waals surface area contributed by atoms with E-state index < -0.39 is 0 Å². The Morgan fingerprint density at radius 1 is 1.22 bits per heavy atom. The summed E-state index contributed by atoms with van der Waals surface area (Å²) in [5, 5.41) is 5.75. The van der Waals surface area contributed by atoms with Crippen molar-refractivity contribution in [3.05, 3.63) is 29.8 Å². The van der Waals surface area contributed by atoms with Gasteiger partial charge in [-0.2, -0.15) is 0 Å². The van der Waals surface area contributed by atoms with Gasteiger partial charge in [-0.3, -0.25) is 9.59 Å². The zero-order valence-electron chi connectivity index (χ0n) is 13.8. The third-order valence-electron chi connectivity index (χ3n) is 4.08. The van der Waals surface area contributed by atoms with Gasteiger partial charge in [0.15, 0.2) is 0 Å². The second-order valence-electron chi connectivity index (χ2n) is 5.74. The Morgan fingerprint density at radius 3 is 2.48 bits per heavy atom. The minimum Gasteiger partial charge on any atom is -0.381 e. The van der Waals surface area contributed by atoms with E-state index in [9.17, 15) is 9.59 Å². The number of amides is 2. The van der Waals surface area contributed by atoms with E-state index in [2.05, 4.69) is 10.6 Å². The van der Waals surface area contributed by atoms with Crippen molar-refractivity contribution < 1.29 is 14.3 Å². The molecule has 2 rings (SSSR count). The molecule has 23 heavy (non-hydrogen) atoms. The Labute approximate surface area is 137 Å². The number of benzene rings is 1. The van der Waals surface area contributed by atoms with E-state index in [1.807, 2.05) is 14.1 Å². The molecule has 0 bridgehead atoms. The molecule has 1 aromatic carbocycles. The molecule has 6 nitrogen and oxygen atoms in total. The number of nitrogens with zero attached hydrogens (tertiary/aromatic N) is 1. The fourth-order valence-electron chi connectivity index (χ4n) is 2.60. The third-order valence-corrected chi connectivity index (χ3v) is 4.08. The number of hydrogen-bond donors (Lipinski definition) is 2. The second kappa shape index (κ2) is 8.64. The molecule has 0 radical (unpaired) electrons. The van der Waals surface area contributed by atoms with Crippen molar-refractivity contribution in [1.29, 1.82) is 0 Å². The molecular weight excluding hydrogens is 294 g/mol.